The zero-order valence-electron chi connectivity index (χ0n) is 15.5. The molecule has 1 atom stereocenters. The molecule has 2 aromatic rings. The maximum atomic E-state index is 12.1. The number of primary amides is 1. The molecular formula is C21H26N2O4. The lowest BCUT2D eigenvalue weighted by Crippen LogP contribution is -2.40. The Morgan fingerprint density at radius 1 is 1.04 bits per heavy atom. The van der Waals surface area contributed by atoms with Crippen molar-refractivity contribution >= 4 is 11.8 Å². The topological polar surface area (TPSA) is 90.6 Å². The molecule has 0 saturated carbocycles. The van der Waals surface area contributed by atoms with Crippen LogP contribution in [-0.4, -0.2) is 31.6 Å². The van der Waals surface area contributed by atoms with Crippen molar-refractivity contribution in [1.82, 2.24) is 5.32 Å². The van der Waals surface area contributed by atoms with Crippen molar-refractivity contribution in [3.8, 4) is 5.75 Å². The quantitative estimate of drug-likeness (QED) is 0.634. The highest BCUT2D eigenvalue weighted by Crippen LogP contribution is 2.15. The third-order valence-corrected chi connectivity index (χ3v) is 3.99. The van der Waals surface area contributed by atoms with E-state index in [2.05, 4.69) is 5.32 Å². The van der Waals surface area contributed by atoms with E-state index in [1.165, 1.54) is 7.11 Å². The highest BCUT2D eigenvalue weighted by Gasteiger charge is 2.14. The Morgan fingerprint density at radius 2 is 1.74 bits per heavy atom. The van der Waals surface area contributed by atoms with Crippen LogP contribution in [0.2, 0.25) is 0 Å². The summed E-state index contributed by atoms with van der Waals surface area (Å²) in [5, 5.41) is 2.78. The molecule has 0 spiro atoms. The maximum absolute atomic E-state index is 12.1. The van der Waals surface area contributed by atoms with Gasteiger partial charge < -0.3 is 20.5 Å². The van der Waals surface area contributed by atoms with E-state index in [4.69, 9.17) is 15.2 Å². The van der Waals surface area contributed by atoms with Crippen molar-refractivity contribution in [2.45, 2.75) is 31.9 Å². The summed E-state index contributed by atoms with van der Waals surface area (Å²) < 4.78 is 10.8. The summed E-state index contributed by atoms with van der Waals surface area (Å²) in [5.41, 5.74) is 7.33. The Labute approximate surface area is 159 Å². The summed E-state index contributed by atoms with van der Waals surface area (Å²) in [5.74, 6) is 0.180. The number of hydrogen-bond acceptors (Lipinski definition) is 4. The van der Waals surface area contributed by atoms with Crippen molar-refractivity contribution in [1.29, 1.82) is 0 Å². The summed E-state index contributed by atoms with van der Waals surface area (Å²) >= 11 is 0. The maximum Gasteiger partial charge on any atom is 0.220 e. The van der Waals surface area contributed by atoms with E-state index >= 15 is 0 Å². The average molecular weight is 370 g/mol. The van der Waals surface area contributed by atoms with E-state index in [1.54, 1.807) is 0 Å². The number of amides is 2. The number of nitrogens with two attached hydrogens (primary N) is 1. The number of ether oxygens (including phenoxy) is 2. The largest absolute Gasteiger partial charge is 0.489 e. The first-order chi connectivity index (χ1) is 13.1. The third kappa shape index (κ3) is 7.92. The lowest BCUT2D eigenvalue weighted by Gasteiger charge is -2.16. The predicted octanol–water partition coefficient (Wildman–Crippen LogP) is 2.20. The Kier molecular flexibility index (Phi) is 8.32. The molecule has 0 aromatic heterocycles. The first-order valence-corrected chi connectivity index (χ1v) is 8.89. The smallest absolute Gasteiger partial charge is 0.220 e. The van der Waals surface area contributed by atoms with Gasteiger partial charge in [-0.3, -0.25) is 9.59 Å². The minimum atomic E-state index is -0.469. The molecule has 0 radical (unpaired) electrons. The van der Waals surface area contributed by atoms with E-state index in [1.807, 2.05) is 54.6 Å². The molecule has 27 heavy (non-hydrogen) atoms. The summed E-state index contributed by atoms with van der Waals surface area (Å²) in [7, 11) is 1.52. The van der Waals surface area contributed by atoms with Gasteiger partial charge in [-0.2, -0.15) is 0 Å². The fourth-order valence-corrected chi connectivity index (χ4v) is 2.65. The third-order valence-electron chi connectivity index (χ3n) is 3.99. The van der Waals surface area contributed by atoms with Gasteiger partial charge in [0.15, 0.2) is 0 Å². The highest BCUT2D eigenvalue weighted by atomic mass is 16.5. The molecule has 0 aliphatic heterocycles. The Hall–Kier alpha value is -2.86. The molecule has 6 nitrogen and oxygen atoms in total. The minimum Gasteiger partial charge on any atom is -0.489 e. The first kappa shape index (κ1) is 20.5. The van der Waals surface area contributed by atoms with Crippen molar-refractivity contribution in [3.05, 3.63) is 65.7 Å². The molecule has 144 valence electrons. The van der Waals surface area contributed by atoms with Crippen LogP contribution in [-0.2, 0) is 27.4 Å². The van der Waals surface area contributed by atoms with E-state index in [0.717, 1.165) is 16.9 Å². The van der Waals surface area contributed by atoms with Gasteiger partial charge in [0.1, 0.15) is 12.4 Å². The van der Waals surface area contributed by atoms with E-state index in [0.29, 0.717) is 19.4 Å². The zero-order chi connectivity index (χ0) is 19.5. The molecule has 0 fully saturated rings. The number of nitrogens with one attached hydrogen (secondary N) is 1. The minimum absolute atomic E-state index is 0.0625. The monoisotopic (exact) mass is 370 g/mol. The van der Waals surface area contributed by atoms with Crippen molar-refractivity contribution in [2.75, 3.05) is 13.7 Å². The number of benzene rings is 2. The van der Waals surface area contributed by atoms with Gasteiger partial charge in [0.05, 0.1) is 12.6 Å². The first-order valence-electron chi connectivity index (χ1n) is 8.89. The second kappa shape index (κ2) is 11.0. The zero-order valence-corrected chi connectivity index (χ0v) is 15.5. The summed E-state index contributed by atoms with van der Waals surface area (Å²) in [6.45, 7) is 0.769. The number of carbonyl (C=O) groups excluding carboxylic acids is 2. The number of aryl methyl sites for hydroxylation is 1. The molecule has 6 heteroatoms. The number of hydrogen-bond donors (Lipinski definition) is 2. The molecule has 3 N–H and O–H groups in total. The molecule has 0 aliphatic rings. The molecule has 0 heterocycles. The summed E-state index contributed by atoms with van der Waals surface area (Å²) in [6.07, 6.45) is 0.983. The molecule has 2 amide bonds. The van der Waals surface area contributed by atoms with Crippen LogP contribution < -0.4 is 15.8 Å². The van der Waals surface area contributed by atoms with Crippen LogP contribution in [0.15, 0.2) is 54.6 Å². The molecule has 2 aromatic carbocycles. The molecule has 0 bridgehead atoms. The van der Waals surface area contributed by atoms with Crippen molar-refractivity contribution in [2.24, 2.45) is 5.73 Å². The van der Waals surface area contributed by atoms with E-state index in [9.17, 15) is 9.59 Å². The van der Waals surface area contributed by atoms with Crippen LogP contribution in [0.25, 0.3) is 0 Å². The Balaban J connectivity index is 1.76. The van der Waals surface area contributed by atoms with E-state index < -0.39 is 11.9 Å². The number of methoxy groups -OCH3 is 1. The normalized spacial score (nSPS) is 11.6. The standard InChI is InChI=1S/C21H26N2O4/c1-26-15-18(13-20(22)24)23-21(25)12-9-16-7-10-19(11-8-16)27-14-17-5-3-2-4-6-17/h2-8,10-11,18H,9,12-15H2,1H3,(H2,22,24)(H,23,25). The van der Waals surface area contributed by atoms with Gasteiger partial charge in [-0.25, -0.2) is 0 Å². The summed E-state index contributed by atoms with van der Waals surface area (Å²) in [4.78, 5) is 23.1. The van der Waals surface area contributed by atoms with Gasteiger partial charge in [-0.1, -0.05) is 42.5 Å². The predicted molar refractivity (Wildman–Crippen MR) is 103 cm³/mol. The lowest BCUT2D eigenvalue weighted by atomic mass is 10.1. The number of carbonyl (C=O) groups is 2. The van der Waals surface area contributed by atoms with Crippen molar-refractivity contribution < 1.29 is 19.1 Å². The van der Waals surface area contributed by atoms with Crippen LogP contribution >= 0.6 is 0 Å². The van der Waals surface area contributed by atoms with Crippen molar-refractivity contribution in [3.63, 3.8) is 0 Å². The fourth-order valence-electron chi connectivity index (χ4n) is 2.65. The van der Waals surface area contributed by atoms with Gasteiger partial charge in [-0.05, 0) is 29.7 Å². The molecule has 2 rings (SSSR count). The summed E-state index contributed by atoms with van der Waals surface area (Å²) in [6, 6.07) is 17.3. The molecular weight excluding hydrogens is 344 g/mol. The molecule has 0 aliphatic carbocycles. The van der Waals surface area contributed by atoms with Gasteiger partial charge in [0.25, 0.3) is 0 Å². The lowest BCUT2D eigenvalue weighted by molar-refractivity contribution is -0.123. The van der Waals surface area contributed by atoms with Gasteiger partial charge in [0.2, 0.25) is 11.8 Å². The second-order valence-electron chi connectivity index (χ2n) is 6.31. The fraction of sp³-hybridized carbons (Fsp3) is 0.333. The van der Waals surface area contributed by atoms with Crippen LogP contribution in [0, 0.1) is 0 Å². The van der Waals surface area contributed by atoms with E-state index in [-0.39, 0.29) is 18.9 Å². The van der Waals surface area contributed by atoms with Crippen LogP contribution in [0.5, 0.6) is 5.75 Å². The Bertz CT molecular complexity index is 717. The SMILES string of the molecule is COCC(CC(N)=O)NC(=O)CCc1ccc(OCc2ccccc2)cc1. The van der Waals surface area contributed by atoms with Crippen LogP contribution in [0.1, 0.15) is 24.0 Å². The van der Waals surface area contributed by atoms with Gasteiger partial charge >= 0.3 is 0 Å². The van der Waals surface area contributed by atoms with Crippen LogP contribution in [0.3, 0.4) is 0 Å². The Morgan fingerprint density at radius 3 is 2.37 bits per heavy atom. The van der Waals surface area contributed by atoms with Crippen LogP contribution in [0.4, 0.5) is 0 Å². The average Bonchev–Trinajstić information content (AvgIpc) is 2.66. The molecule has 0 saturated heterocycles. The second-order valence-corrected chi connectivity index (χ2v) is 6.31. The highest BCUT2D eigenvalue weighted by molar-refractivity contribution is 5.79. The van der Waals surface area contributed by atoms with Gasteiger partial charge in [-0.15, -0.1) is 0 Å². The molecule has 1 unspecified atom stereocenters. The van der Waals surface area contributed by atoms with Gasteiger partial charge in [0, 0.05) is 20.0 Å². The number of rotatable bonds is 11.